The van der Waals surface area contributed by atoms with Crippen molar-refractivity contribution in [2.24, 2.45) is 0 Å². The molecule has 8 aromatic carbocycles. The Kier molecular flexibility index (Phi) is 10.1. The minimum absolute atomic E-state index is 0.877. The number of quaternary nitrogens is 2. The van der Waals surface area contributed by atoms with Gasteiger partial charge in [-0.3, -0.25) is 0 Å². The average Bonchev–Trinajstić information content (AvgIpc) is 3.32. The molecule has 4 heteroatoms. The zero-order chi connectivity index (χ0) is 42.4. The van der Waals surface area contributed by atoms with Crippen LogP contribution in [0.2, 0.25) is 0 Å². The highest BCUT2D eigenvalue weighted by molar-refractivity contribution is 7.12. The molecule has 62 heavy (non-hydrogen) atoms. The lowest BCUT2D eigenvalue weighted by Crippen LogP contribution is -2.79. The minimum Gasteiger partial charge on any atom is -0.508 e. The molecular formula is C58H56B2N2. The van der Waals surface area contributed by atoms with E-state index < -0.39 is 12.6 Å². The predicted molar refractivity (Wildman–Crippen MR) is 269 cm³/mol. The number of hydrogen-bond donors (Lipinski definition) is 0. The number of fused-ring (bicyclic) bond motifs is 1. The van der Waals surface area contributed by atoms with Gasteiger partial charge in [-0.1, -0.05) is 229 Å². The zero-order valence-electron chi connectivity index (χ0n) is 36.7. The molecule has 8 aromatic rings. The molecule has 0 atom stereocenters. The van der Waals surface area contributed by atoms with Crippen LogP contribution in [0.3, 0.4) is 0 Å². The lowest BCUT2D eigenvalue weighted by Gasteiger charge is -2.61. The third-order valence-electron chi connectivity index (χ3n) is 15.3. The van der Waals surface area contributed by atoms with E-state index in [1.165, 1.54) is 77.0 Å². The first-order valence-corrected chi connectivity index (χ1v) is 22.6. The lowest BCUT2D eigenvalue weighted by molar-refractivity contribution is -0.786. The van der Waals surface area contributed by atoms with Crippen LogP contribution in [-0.4, -0.2) is 62.6 Å². The molecule has 0 amide bonds. The van der Waals surface area contributed by atoms with Gasteiger partial charge in [-0.05, 0) is 34.0 Å². The van der Waals surface area contributed by atoms with E-state index in [1.807, 2.05) is 0 Å². The number of nitrogens with zero attached hydrogens (tertiary/aromatic N) is 2. The van der Waals surface area contributed by atoms with E-state index in [4.69, 9.17) is 0 Å². The van der Waals surface area contributed by atoms with Gasteiger partial charge in [-0.15, -0.1) is 32.8 Å². The summed E-state index contributed by atoms with van der Waals surface area (Å²) >= 11 is 0. The molecule has 10 rings (SSSR count). The molecule has 0 aliphatic carbocycles. The van der Waals surface area contributed by atoms with Crippen LogP contribution in [0.15, 0.2) is 218 Å². The van der Waals surface area contributed by atoms with E-state index in [2.05, 4.69) is 247 Å². The molecule has 0 N–H and O–H groups in total. The van der Waals surface area contributed by atoms with Gasteiger partial charge in [-0.25, -0.2) is 0 Å². The van der Waals surface area contributed by atoms with Gasteiger partial charge in [-0.2, -0.15) is 0 Å². The van der Waals surface area contributed by atoms with Gasteiger partial charge in [0.1, 0.15) is 0 Å². The Balaban J connectivity index is 1.20. The Morgan fingerprint density at radius 2 is 0.581 bits per heavy atom. The summed E-state index contributed by atoms with van der Waals surface area (Å²) < 4.78 is 1.75. The molecular weight excluding hydrogens is 746 g/mol. The fourth-order valence-electron chi connectivity index (χ4n) is 12.5. The van der Waals surface area contributed by atoms with Crippen molar-refractivity contribution in [3.63, 3.8) is 0 Å². The number of rotatable bonds is 8. The molecule has 0 unspecified atom stereocenters. The smallest absolute Gasteiger partial charge is 0.291 e. The maximum absolute atomic E-state index is 2.48. The van der Waals surface area contributed by atoms with E-state index in [-0.39, 0.29) is 0 Å². The molecule has 0 radical (unpaired) electrons. The van der Waals surface area contributed by atoms with Gasteiger partial charge in [0.15, 0.2) is 0 Å². The molecule has 0 saturated heterocycles. The first kappa shape index (κ1) is 39.7. The maximum Gasteiger partial charge on any atom is 0.291 e. The monoisotopic (exact) mass is 802 g/mol. The van der Waals surface area contributed by atoms with Crippen molar-refractivity contribution in [3.8, 4) is 0 Å². The predicted octanol–water partition coefficient (Wildman–Crippen LogP) is 10.2. The molecule has 0 bridgehead atoms. The molecule has 2 heterocycles. The van der Waals surface area contributed by atoms with Crippen LogP contribution in [-0.2, 0) is 0 Å². The van der Waals surface area contributed by atoms with E-state index in [0.29, 0.717) is 0 Å². The number of benzene rings is 8. The summed E-state index contributed by atoms with van der Waals surface area (Å²) in [6.07, 6.45) is -0.909. The molecule has 304 valence electrons. The summed E-state index contributed by atoms with van der Waals surface area (Å²) in [5.41, 5.74) is 16.6. The molecule has 2 aliphatic heterocycles. The summed E-state index contributed by atoms with van der Waals surface area (Å²) in [4.78, 5) is 0. The zero-order valence-corrected chi connectivity index (χ0v) is 36.7. The van der Waals surface area contributed by atoms with Crippen molar-refractivity contribution in [1.29, 1.82) is 0 Å². The third-order valence-corrected chi connectivity index (χ3v) is 15.3. The molecule has 0 saturated carbocycles. The second kappa shape index (κ2) is 15.8. The van der Waals surface area contributed by atoms with Crippen molar-refractivity contribution in [1.82, 2.24) is 0 Å². The van der Waals surface area contributed by atoms with Crippen molar-refractivity contribution in [3.05, 3.63) is 241 Å². The summed E-state index contributed by atoms with van der Waals surface area (Å²) in [5, 5.41) is 2.55. The van der Waals surface area contributed by atoms with Crippen LogP contribution >= 0.6 is 0 Å². The molecule has 2 aliphatic rings. The minimum atomic E-state index is -1.45. The summed E-state index contributed by atoms with van der Waals surface area (Å²) in [6.45, 7) is 2.06. The Morgan fingerprint density at radius 3 is 0.871 bits per heavy atom. The summed E-state index contributed by atoms with van der Waals surface area (Å²) in [7, 11) is 9.82. The second-order valence-electron chi connectivity index (χ2n) is 19.1. The standard InChI is InChI=1S/C58H56B2N2/c1-61(2)41-39-55(57(45-23-11-5-12-24-45)59(61,51-27-15-7-16-28-51)52-29-17-8-18-30-52)49-37-35-48-44-50(38-36-47(48)43-49)56-40-42-62(3,4)60(53-31-19-9-20-32-53,54-33-21-10-22-34-54)58(56)46-25-13-6-14-26-46/h5-38,43-44H,39-42H2,1-4H3. The normalized spacial score (nSPS) is 17.8. The van der Waals surface area contributed by atoms with E-state index in [1.54, 1.807) is 0 Å². The lowest BCUT2D eigenvalue weighted by atomic mass is 9.19. The second-order valence-corrected chi connectivity index (χ2v) is 19.1. The summed E-state index contributed by atoms with van der Waals surface area (Å²) in [5.74, 6) is 0. The van der Waals surface area contributed by atoms with Gasteiger partial charge < -0.3 is 8.79 Å². The topological polar surface area (TPSA) is 0 Å². The Labute approximate surface area is 369 Å². The van der Waals surface area contributed by atoms with Crippen molar-refractivity contribution < 1.29 is 8.79 Å². The van der Waals surface area contributed by atoms with Crippen LogP contribution in [0.4, 0.5) is 0 Å². The van der Waals surface area contributed by atoms with Gasteiger partial charge in [0.05, 0.1) is 0 Å². The van der Waals surface area contributed by atoms with Crippen molar-refractivity contribution in [2.45, 2.75) is 12.8 Å². The average molecular weight is 803 g/mol. The quantitative estimate of drug-likeness (QED) is 0.134. The molecule has 2 nitrogen and oxygen atoms in total. The van der Waals surface area contributed by atoms with Gasteiger partial charge in [0.2, 0.25) is 0 Å². The molecule has 0 fully saturated rings. The fraction of sp³-hybridized carbons (Fsp3) is 0.138. The van der Waals surface area contributed by atoms with Crippen LogP contribution < -0.4 is 21.9 Å². The highest BCUT2D eigenvalue weighted by atomic mass is 15.3. The van der Waals surface area contributed by atoms with E-state index >= 15 is 0 Å². The van der Waals surface area contributed by atoms with Crippen molar-refractivity contribution in [2.75, 3.05) is 41.3 Å². The first-order chi connectivity index (χ1) is 30.3. The third kappa shape index (κ3) is 6.27. The Bertz CT molecular complexity index is 2640. The van der Waals surface area contributed by atoms with Gasteiger partial charge in [0.25, 0.3) is 12.6 Å². The Hall–Kier alpha value is -6.45. The summed E-state index contributed by atoms with van der Waals surface area (Å²) in [6, 6.07) is 82.5. The highest BCUT2D eigenvalue weighted by Crippen LogP contribution is 2.46. The van der Waals surface area contributed by atoms with Crippen LogP contribution in [0.5, 0.6) is 0 Å². The maximum atomic E-state index is 2.48. The van der Waals surface area contributed by atoms with Crippen LogP contribution in [0.1, 0.15) is 35.1 Å². The molecule has 0 spiro atoms. The molecule has 0 aromatic heterocycles. The van der Waals surface area contributed by atoms with Crippen LogP contribution in [0, 0.1) is 0 Å². The van der Waals surface area contributed by atoms with E-state index in [9.17, 15) is 0 Å². The Morgan fingerprint density at radius 1 is 0.306 bits per heavy atom. The van der Waals surface area contributed by atoms with E-state index in [0.717, 1.165) is 34.7 Å². The number of hydrogen-bond acceptors (Lipinski definition) is 0. The van der Waals surface area contributed by atoms with Crippen LogP contribution in [0.25, 0.3) is 32.9 Å². The van der Waals surface area contributed by atoms with Gasteiger partial charge >= 0.3 is 0 Å². The van der Waals surface area contributed by atoms with Crippen molar-refractivity contribution >= 4 is 67.3 Å². The van der Waals surface area contributed by atoms with Gasteiger partial charge in [0, 0.05) is 54.1 Å². The SMILES string of the molecule is C[N+]1(C)CCC(c2ccc3cc(C4=C(c5ccccc5)[B-](c5ccccc5)(c5ccccc5)[N+](C)(C)CC4)ccc3c2)=C(c2ccccc2)[B-]1(c1ccccc1)c1ccccc1. The fourth-order valence-corrected chi connectivity index (χ4v) is 12.5. The largest absolute Gasteiger partial charge is 0.508 e. The highest BCUT2D eigenvalue weighted by Gasteiger charge is 2.52. The first-order valence-electron chi connectivity index (χ1n) is 22.6.